The third kappa shape index (κ3) is 3.35. The van der Waals surface area contributed by atoms with E-state index in [-0.39, 0.29) is 12.5 Å². The van der Waals surface area contributed by atoms with Crippen LogP contribution in [0, 0.1) is 5.92 Å². The minimum Gasteiger partial charge on any atom is -0.335 e. The van der Waals surface area contributed by atoms with Gasteiger partial charge in [-0.3, -0.25) is 10.1 Å². The van der Waals surface area contributed by atoms with E-state index in [1.807, 2.05) is 0 Å². The van der Waals surface area contributed by atoms with Gasteiger partial charge in [0.15, 0.2) is 0 Å². The summed E-state index contributed by atoms with van der Waals surface area (Å²) >= 11 is 5.91. The van der Waals surface area contributed by atoms with Gasteiger partial charge in [-0.05, 0) is 48.9 Å². The number of imide groups is 1. The van der Waals surface area contributed by atoms with Crippen LogP contribution in [0.25, 0.3) is 0 Å². The highest BCUT2D eigenvalue weighted by Crippen LogP contribution is 2.47. The van der Waals surface area contributed by atoms with Crippen molar-refractivity contribution in [1.29, 1.82) is 0 Å². The molecule has 2 fully saturated rings. The Morgan fingerprint density at radius 2 is 1.97 bits per heavy atom. The van der Waals surface area contributed by atoms with E-state index >= 15 is 0 Å². The maximum Gasteiger partial charge on any atom is 0.417 e. The SMILES string of the molecule is BC1(B)c2cc(Cl)c(C(F)(F)F)cc2[C@H](C)N1C(=O)NC[C@@]1(C2CC2)NC(=O)NC1=O. The first kappa shape index (κ1) is 21.9. The number of nitrogens with one attached hydrogen (secondary N) is 3. The van der Waals surface area contributed by atoms with E-state index in [1.165, 1.54) is 11.0 Å². The number of hydrogen-bond acceptors (Lipinski definition) is 3. The number of nitrogens with zero attached hydrogens (tertiary/aromatic N) is 1. The average molecular weight is 454 g/mol. The number of carbonyl (C=O) groups is 3. The first-order valence-electron chi connectivity index (χ1n) is 9.91. The lowest BCUT2D eigenvalue weighted by Crippen LogP contribution is -2.60. The zero-order valence-corrected chi connectivity index (χ0v) is 17.9. The molecule has 5 amide bonds. The van der Waals surface area contributed by atoms with Gasteiger partial charge in [0.1, 0.15) is 21.2 Å². The zero-order valence-electron chi connectivity index (χ0n) is 17.1. The van der Waals surface area contributed by atoms with Gasteiger partial charge in [0, 0.05) is 5.34 Å². The van der Waals surface area contributed by atoms with Crippen LogP contribution in [-0.4, -0.2) is 50.6 Å². The number of rotatable bonds is 3. The highest BCUT2D eigenvalue weighted by molar-refractivity contribution is 6.41. The smallest absolute Gasteiger partial charge is 0.335 e. The molecule has 1 saturated heterocycles. The average Bonchev–Trinajstić information content (AvgIpc) is 3.41. The Balaban J connectivity index is 1.60. The van der Waals surface area contributed by atoms with Crippen LogP contribution in [0.1, 0.15) is 42.5 Å². The molecule has 0 spiro atoms. The van der Waals surface area contributed by atoms with Crippen molar-refractivity contribution in [2.24, 2.45) is 5.92 Å². The summed E-state index contributed by atoms with van der Waals surface area (Å²) in [5.41, 5.74) is -1.27. The number of amides is 5. The van der Waals surface area contributed by atoms with Crippen LogP contribution in [0.5, 0.6) is 0 Å². The number of benzene rings is 1. The van der Waals surface area contributed by atoms with Gasteiger partial charge in [0.25, 0.3) is 5.91 Å². The molecule has 2 heterocycles. The summed E-state index contributed by atoms with van der Waals surface area (Å²) in [4.78, 5) is 38.6. The first-order chi connectivity index (χ1) is 14.3. The number of fused-ring (bicyclic) bond motifs is 1. The van der Waals surface area contributed by atoms with Crippen LogP contribution < -0.4 is 16.0 Å². The van der Waals surface area contributed by atoms with Crippen molar-refractivity contribution < 1.29 is 27.6 Å². The maximum atomic E-state index is 13.3. The molecule has 0 unspecified atom stereocenters. The highest BCUT2D eigenvalue weighted by Gasteiger charge is 2.56. The van der Waals surface area contributed by atoms with Crippen molar-refractivity contribution in [3.05, 3.63) is 33.8 Å². The van der Waals surface area contributed by atoms with Gasteiger partial charge >= 0.3 is 18.2 Å². The lowest BCUT2D eigenvalue weighted by Gasteiger charge is -2.37. The van der Waals surface area contributed by atoms with E-state index in [9.17, 15) is 27.6 Å². The van der Waals surface area contributed by atoms with Gasteiger partial charge in [-0.25, -0.2) is 9.59 Å². The second-order valence-corrected chi connectivity index (χ2v) is 9.24. The summed E-state index contributed by atoms with van der Waals surface area (Å²) in [6.45, 7) is 1.53. The predicted molar refractivity (Wildman–Crippen MR) is 111 cm³/mol. The predicted octanol–water partition coefficient (Wildman–Crippen LogP) is 0.810. The Morgan fingerprint density at radius 3 is 2.48 bits per heavy atom. The maximum absolute atomic E-state index is 13.3. The van der Waals surface area contributed by atoms with Crippen molar-refractivity contribution in [1.82, 2.24) is 20.9 Å². The van der Waals surface area contributed by atoms with Crippen molar-refractivity contribution >= 4 is 45.3 Å². The summed E-state index contributed by atoms with van der Waals surface area (Å²) in [6.07, 6.45) is -3.12. The van der Waals surface area contributed by atoms with Crippen LogP contribution in [0.3, 0.4) is 0 Å². The molecular weight excluding hydrogens is 434 g/mol. The molecule has 4 rings (SSSR count). The summed E-state index contributed by atoms with van der Waals surface area (Å²) in [5, 5.41) is 6.19. The van der Waals surface area contributed by atoms with E-state index in [0.717, 1.165) is 18.9 Å². The fourth-order valence-electron chi connectivity index (χ4n) is 4.80. The van der Waals surface area contributed by atoms with Crippen molar-refractivity contribution in [3.8, 4) is 0 Å². The van der Waals surface area contributed by atoms with Crippen molar-refractivity contribution in [2.45, 2.75) is 42.9 Å². The third-order valence-corrected chi connectivity index (χ3v) is 6.84. The van der Waals surface area contributed by atoms with Gasteiger partial charge in [-0.2, -0.15) is 13.2 Å². The number of urea groups is 2. The van der Waals surface area contributed by atoms with Gasteiger partial charge < -0.3 is 15.5 Å². The van der Waals surface area contributed by atoms with E-state index < -0.39 is 51.7 Å². The lowest BCUT2D eigenvalue weighted by molar-refractivity contribution is -0.137. The topological polar surface area (TPSA) is 90.5 Å². The minimum atomic E-state index is -4.61. The van der Waals surface area contributed by atoms with Crippen LogP contribution >= 0.6 is 11.6 Å². The standard InChI is InChI=1S/C18H20B2ClF3N4O3/c1-7-9-4-11(18(22,23)24)12(21)5-10(9)17(19,20)28(7)15(31)25-6-16(8-2-3-8)13(29)26-14(30)27-16/h4-5,7-8H,2-3,6,19-20H2,1H3,(H,25,31)(H2,26,27,29,30)/t7-,16-/m0/s1. The molecule has 13 heteroatoms. The fourth-order valence-corrected chi connectivity index (χ4v) is 5.07. The Labute approximate surface area is 183 Å². The molecule has 31 heavy (non-hydrogen) atoms. The second-order valence-electron chi connectivity index (χ2n) is 8.83. The number of halogens is 4. The molecule has 164 valence electrons. The van der Waals surface area contributed by atoms with Crippen molar-refractivity contribution in [2.75, 3.05) is 6.54 Å². The summed E-state index contributed by atoms with van der Waals surface area (Å²) in [6, 6.07) is 0.440. The monoisotopic (exact) mass is 454 g/mol. The van der Waals surface area contributed by atoms with E-state index in [1.54, 1.807) is 22.6 Å². The van der Waals surface area contributed by atoms with Crippen LogP contribution in [-0.2, 0) is 16.3 Å². The summed E-state index contributed by atoms with van der Waals surface area (Å²) in [5.74, 6) is -0.562. The summed E-state index contributed by atoms with van der Waals surface area (Å²) in [7, 11) is 3.44. The van der Waals surface area contributed by atoms with Gasteiger partial charge in [-0.1, -0.05) is 11.6 Å². The molecule has 7 nitrogen and oxygen atoms in total. The Bertz CT molecular complexity index is 1000. The highest BCUT2D eigenvalue weighted by atomic mass is 35.5. The van der Waals surface area contributed by atoms with Gasteiger partial charge in [-0.15, -0.1) is 0 Å². The Morgan fingerprint density at radius 1 is 1.32 bits per heavy atom. The molecule has 3 aliphatic rings. The Kier molecular flexibility index (Phi) is 4.81. The molecule has 0 bridgehead atoms. The molecule has 2 aliphatic heterocycles. The molecule has 1 aliphatic carbocycles. The first-order valence-corrected chi connectivity index (χ1v) is 10.3. The number of alkyl halides is 3. The van der Waals surface area contributed by atoms with Gasteiger partial charge in [0.2, 0.25) is 0 Å². The minimum absolute atomic E-state index is 0.0754. The van der Waals surface area contributed by atoms with Gasteiger partial charge in [0.05, 0.1) is 23.2 Å². The van der Waals surface area contributed by atoms with E-state index in [0.29, 0.717) is 11.1 Å². The Hall–Kier alpha value is -2.36. The quantitative estimate of drug-likeness (QED) is 0.467. The third-order valence-electron chi connectivity index (χ3n) is 6.52. The number of carbonyl (C=O) groups excluding carboxylic acids is 3. The van der Waals surface area contributed by atoms with E-state index in [2.05, 4.69) is 16.0 Å². The van der Waals surface area contributed by atoms with Crippen LogP contribution in [0.2, 0.25) is 5.02 Å². The molecule has 3 N–H and O–H groups in total. The molecule has 1 saturated carbocycles. The molecule has 0 aromatic heterocycles. The van der Waals surface area contributed by atoms with E-state index in [4.69, 9.17) is 11.6 Å². The lowest BCUT2D eigenvalue weighted by atomic mass is 9.58. The largest absolute Gasteiger partial charge is 0.417 e. The normalized spacial score (nSPS) is 27.0. The van der Waals surface area contributed by atoms with Crippen molar-refractivity contribution in [3.63, 3.8) is 0 Å². The molecule has 1 aromatic carbocycles. The molecule has 0 radical (unpaired) electrons. The molecule has 2 atom stereocenters. The number of hydrogen-bond donors (Lipinski definition) is 3. The fraction of sp³-hybridized carbons (Fsp3) is 0.500. The zero-order chi connectivity index (χ0) is 22.9. The molecule has 1 aromatic rings. The molecular formula is C18H20B2ClF3N4O3. The summed E-state index contributed by atoms with van der Waals surface area (Å²) < 4.78 is 40.0. The second kappa shape index (κ2) is 6.82. The van der Waals surface area contributed by atoms with Crippen LogP contribution in [0.4, 0.5) is 22.8 Å². The van der Waals surface area contributed by atoms with Crippen LogP contribution in [0.15, 0.2) is 12.1 Å².